The molecule has 5 rings (SSSR count). The Bertz CT molecular complexity index is 1180. The van der Waals surface area contributed by atoms with E-state index < -0.39 is 6.04 Å². The summed E-state index contributed by atoms with van der Waals surface area (Å²) in [6.07, 6.45) is 0. The van der Waals surface area contributed by atoms with E-state index in [0.29, 0.717) is 16.5 Å². The smallest absolute Gasteiger partial charge is 0.246 e. The van der Waals surface area contributed by atoms with E-state index >= 15 is 0 Å². The molecule has 0 spiro atoms. The maximum Gasteiger partial charge on any atom is 0.246 e. The van der Waals surface area contributed by atoms with Gasteiger partial charge in [-0.15, -0.1) is 0 Å². The molecular weight excluding hydrogens is 466 g/mol. The first kappa shape index (κ1) is 23.5. The second-order valence-electron chi connectivity index (χ2n) is 8.65. The molecule has 0 bridgehead atoms. The van der Waals surface area contributed by atoms with Crippen LogP contribution in [0.2, 0.25) is 5.02 Å². The summed E-state index contributed by atoms with van der Waals surface area (Å²) in [5, 5.41) is 3.50. The number of amides is 1. The summed E-state index contributed by atoms with van der Waals surface area (Å²) in [7, 11) is 1.57. The van der Waals surface area contributed by atoms with E-state index in [1.807, 2.05) is 36.4 Å². The van der Waals surface area contributed by atoms with Crippen LogP contribution in [0.4, 0.5) is 5.69 Å². The first-order valence-electron chi connectivity index (χ1n) is 11.6. The van der Waals surface area contributed by atoms with Crippen molar-refractivity contribution in [1.29, 1.82) is 0 Å². The fourth-order valence-electron chi connectivity index (χ4n) is 4.60. The molecule has 35 heavy (non-hydrogen) atoms. The van der Waals surface area contributed by atoms with Crippen LogP contribution < -0.4 is 19.5 Å². The van der Waals surface area contributed by atoms with Crippen molar-refractivity contribution < 1.29 is 19.0 Å². The van der Waals surface area contributed by atoms with Crippen LogP contribution in [0.1, 0.15) is 17.2 Å². The van der Waals surface area contributed by atoms with Gasteiger partial charge in [0.15, 0.2) is 11.5 Å². The van der Waals surface area contributed by atoms with E-state index in [0.717, 1.165) is 49.8 Å². The molecular formula is C27H28ClN3O4. The normalized spacial score (nSPS) is 16.6. The number of piperazine rings is 1. The van der Waals surface area contributed by atoms with Crippen LogP contribution in [0.3, 0.4) is 0 Å². The van der Waals surface area contributed by atoms with Crippen LogP contribution in [0.25, 0.3) is 0 Å². The number of ether oxygens (including phenoxy) is 3. The molecule has 182 valence electrons. The Balaban J connectivity index is 1.26. The Labute approximate surface area is 210 Å². The lowest BCUT2D eigenvalue weighted by Gasteiger charge is -2.38. The SMILES string of the molecule is COc1ccc(NC(=O)C(c2ccccc2)N2CCN(Cc3ccc4c(c3)OCO4)CC2)cc1Cl. The summed E-state index contributed by atoms with van der Waals surface area (Å²) in [5.41, 5.74) is 2.80. The van der Waals surface area contributed by atoms with Crippen LogP contribution >= 0.6 is 11.6 Å². The number of benzene rings is 3. The minimum absolute atomic E-state index is 0.0818. The van der Waals surface area contributed by atoms with Crippen LogP contribution in [0.15, 0.2) is 66.7 Å². The Kier molecular flexibility index (Phi) is 7.08. The van der Waals surface area contributed by atoms with Crippen LogP contribution in [-0.2, 0) is 11.3 Å². The number of methoxy groups -OCH3 is 1. The first-order valence-corrected chi connectivity index (χ1v) is 12.0. The molecule has 0 saturated carbocycles. The Hall–Kier alpha value is -3.26. The van der Waals surface area contributed by atoms with Gasteiger partial charge < -0.3 is 19.5 Å². The van der Waals surface area contributed by atoms with Crippen LogP contribution in [-0.4, -0.2) is 55.8 Å². The molecule has 1 N–H and O–H groups in total. The first-order chi connectivity index (χ1) is 17.1. The monoisotopic (exact) mass is 493 g/mol. The van der Waals surface area contributed by atoms with Gasteiger partial charge in [0.1, 0.15) is 11.8 Å². The van der Waals surface area contributed by atoms with E-state index in [4.69, 9.17) is 25.8 Å². The molecule has 2 heterocycles. The molecule has 2 aliphatic heterocycles. The van der Waals surface area contributed by atoms with Gasteiger partial charge in [0.2, 0.25) is 12.7 Å². The van der Waals surface area contributed by atoms with Crippen molar-refractivity contribution in [2.45, 2.75) is 12.6 Å². The molecule has 1 fully saturated rings. The predicted octanol–water partition coefficient (Wildman–Crippen LogP) is 4.57. The minimum Gasteiger partial charge on any atom is -0.495 e. The Morgan fingerprint density at radius 1 is 1.00 bits per heavy atom. The fraction of sp³-hybridized carbons (Fsp3) is 0.296. The summed E-state index contributed by atoms with van der Waals surface area (Å²) in [6, 6.07) is 20.9. The third-order valence-electron chi connectivity index (χ3n) is 6.40. The summed E-state index contributed by atoms with van der Waals surface area (Å²) in [5.74, 6) is 2.10. The van der Waals surface area contributed by atoms with E-state index in [9.17, 15) is 4.79 Å². The van der Waals surface area contributed by atoms with Crippen LogP contribution in [0.5, 0.6) is 17.2 Å². The van der Waals surface area contributed by atoms with Crippen molar-refractivity contribution in [2.24, 2.45) is 0 Å². The zero-order valence-corrected chi connectivity index (χ0v) is 20.3. The van der Waals surface area contributed by atoms with Gasteiger partial charge in [0.25, 0.3) is 0 Å². The van der Waals surface area contributed by atoms with E-state index in [1.165, 1.54) is 5.56 Å². The van der Waals surface area contributed by atoms with Gasteiger partial charge in [-0.1, -0.05) is 48.0 Å². The lowest BCUT2D eigenvalue weighted by molar-refractivity contribution is -0.122. The Morgan fingerprint density at radius 3 is 2.51 bits per heavy atom. The molecule has 1 amide bonds. The highest BCUT2D eigenvalue weighted by Gasteiger charge is 2.31. The summed E-state index contributed by atoms with van der Waals surface area (Å²) in [4.78, 5) is 18.1. The maximum absolute atomic E-state index is 13.5. The van der Waals surface area contributed by atoms with E-state index in [2.05, 4.69) is 27.2 Å². The fourth-order valence-corrected chi connectivity index (χ4v) is 4.85. The molecule has 2 aliphatic rings. The molecule has 0 radical (unpaired) electrons. The number of nitrogens with one attached hydrogen (secondary N) is 1. The van der Waals surface area contributed by atoms with Crippen molar-refractivity contribution in [3.63, 3.8) is 0 Å². The number of fused-ring (bicyclic) bond motifs is 1. The number of hydrogen-bond acceptors (Lipinski definition) is 6. The van der Waals surface area contributed by atoms with E-state index in [1.54, 1.807) is 25.3 Å². The highest BCUT2D eigenvalue weighted by Crippen LogP contribution is 2.33. The van der Waals surface area contributed by atoms with Gasteiger partial charge in [0, 0.05) is 38.4 Å². The average Bonchev–Trinajstić information content (AvgIpc) is 3.34. The van der Waals surface area contributed by atoms with Crippen molar-refractivity contribution >= 4 is 23.2 Å². The number of halogens is 1. The second-order valence-corrected chi connectivity index (χ2v) is 9.06. The van der Waals surface area contributed by atoms with Crippen molar-refractivity contribution in [3.05, 3.63) is 82.9 Å². The van der Waals surface area contributed by atoms with Gasteiger partial charge in [-0.2, -0.15) is 0 Å². The molecule has 7 nitrogen and oxygen atoms in total. The summed E-state index contributed by atoms with van der Waals surface area (Å²) >= 11 is 6.26. The molecule has 3 aromatic rings. The number of nitrogens with zero attached hydrogens (tertiary/aromatic N) is 2. The lowest BCUT2D eigenvalue weighted by atomic mass is 10.0. The number of anilines is 1. The van der Waals surface area contributed by atoms with Crippen molar-refractivity contribution in [1.82, 2.24) is 9.80 Å². The van der Waals surface area contributed by atoms with Crippen LogP contribution in [0, 0.1) is 0 Å². The van der Waals surface area contributed by atoms with E-state index in [-0.39, 0.29) is 12.7 Å². The van der Waals surface area contributed by atoms with Gasteiger partial charge in [-0.3, -0.25) is 14.6 Å². The zero-order chi connectivity index (χ0) is 24.2. The topological polar surface area (TPSA) is 63.3 Å². The highest BCUT2D eigenvalue weighted by atomic mass is 35.5. The number of carbonyl (C=O) groups is 1. The molecule has 1 atom stereocenters. The molecule has 0 aliphatic carbocycles. The predicted molar refractivity (Wildman–Crippen MR) is 135 cm³/mol. The largest absolute Gasteiger partial charge is 0.495 e. The lowest BCUT2D eigenvalue weighted by Crippen LogP contribution is -2.49. The third kappa shape index (κ3) is 5.37. The minimum atomic E-state index is -0.398. The summed E-state index contributed by atoms with van der Waals surface area (Å²) in [6.45, 7) is 4.39. The molecule has 1 saturated heterocycles. The number of hydrogen-bond donors (Lipinski definition) is 1. The highest BCUT2D eigenvalue weighted by molar-refractivity contribution is 6.32. The third-order valence-corrected chi connectivity index (χ3v) is 6.69. The summed E-state index contributed by atoms with van der Waals surface area (Å²) < 4.78 is 16.1. The number of rotatable bonds is 7. The standard InChI is InChI=1S/C27H28ClN3O4/c1-33-23-10-8-21(16-22(23)28)29-27(32)26(20-5-3-2-4-6-20)31-13-11-30(12-14-31)17-19-7-9-24-25(15-19)35-18-34-24/h2-10,15-16,26H,11-14,17-18H2,1H3,(H,29,32). The molecule has 8 heteroatoms. The quantitative estimate of drug-likeness (QED) is 0.520. The Morgan fingerprint density at radius 2 is 1.77 bits per heavy atom. The zero-order valence-electron chi connectivity index (χ0n) is 19.6. The van der Waals surface area contributed by atoms with Gasteiger partial charge in [0.05, 0.1) is 12.1 Å². The number of carbonyl (C=O) groups excluding carboxylic acids is 1. The molecule has 1 unspecified atom stereocenters. The molecule has 3 aromatic carbocycles. The van der Waals surface area contributed by atoms with Gasteiger partial charge in [-0.25, -0.2) is 0 Å². The molecule has 0 aromatic heterocycles. The van der Waals surface area contributed by atoms with Gasteiger partial charge in [-0.05, 0) is 41.5 Å². The second kappa shape index (κ2) is 10.6. The van der Waals surface area contributed by atoms with Crippen molar-refractivity contribution in [2.75, 3.05) is 45.4 Å². The maximum atomic E-state index is 13.5. The van der Waals surface area contributed by atoms with Gasteiger partial charge >= 0.3 is 0 Å². The average molecular weight is 494 g/mol. The van der Waals surface area contributed by atoms with Crippen molar-refractivity contribution in [3.8, 4) is 17.2 Å².